The first-order chi connectivity index (χ1) is 9.49. The minimum atomic E-state index is 0.162. The van der Waals surface area contributed by atoms with Crippen molar-refractivity contribution in [2.75, 3.05) is 13.2 Å². The van der Waals surface area contributed by atoms with Crippen molar-refractivity contribution in [3.8, 4) is 0 Å². The summed E-state index contributed by atoms with van der Waals surface area (Å²) < 4.78 is 11.5. The summed E-state index contributed by atoms with van der Waals surface area (Å²) in [5.74, 6) is 1.79. The smallest absolute Gasteiger partial charge is 0.222 e. The summed E-state index contributed by atoms with van der Waals surface area (Å²) in [7, 11) is 0. The Balaban J connectivity index is 1.80. The van der Waals surface area contributed by atoms with E-state index in [4.69, 9.17) is 9.15 Å². The van der Waals surface area contributed by atoms with E-state index in [1.807, 2.05) is 0 Å². The van der Waals surface area contributed by atoms with Crippen molar-refractivity contribution in [2.45, 2.75) is 70.9 Å². The maximum Gasteiger partial charge on any atom is 0.222 e. The molecule has 1 fully saturated rings. The van der Waals surface area contributed by atoms with E-state index in [0.29, 0.717) is 0 Å². The number of aryl methyl sites for hydroxylation is 1. The van der Waals surface area contributed by atoms with Gasteiger partial charge in [-0.3, -0.25) is 0 Å². The molecule has 1 aliphatic rings. The number of nitrogens with one attached hydrogen (secondary N) is 1. The molecule has 2 rings (SSSR count). The highest BCUT2D eigenvalue weighted by Crippen LogP contribution is 2.32. The van der Waals surface area contributed by atoms with Gasteiger partial charge in [-0.25, -0.2) is 0 Å². The van der Waals surface area contributed by atoms with E-state index in [1.165, 1.54) is 0 Å². The van der Waals surface area contributed by atoms with E-state index >= 15 is 0 Å². The summed E-state index contributed by atoms with van der Waals surface area (Å²) in [6, 6.07) is 0. The molecule has 1 aromatic rings. The summed E-state index contributed by atoms with van der Waals surface area (Å²) >= 11 is 0. The Morgan fingerprint density at radius 1 is 1.30 bits per heavy atom. The number of hydrogen-bond donors (Lipinski definition) is 1. The lowest BCUT2D eigenvalue weighted by Gasteiger charge is -2.19. The molecule has 5 nitrogen and oxygen atoms in total. The first kappa shape index (κ1) is 15.4. The normalized spacial score (nSPS) is 23.4. The molecule has 1 aliphatic heterocycles. The number of rotatable bonds is 6. The lowest BCUT2D eigenvalue weighted by molar-refractivity contribution is 0.0963. The van der Waals surface area contributed by atoms with E-state index in [0.717, 1.165) is 50.6 Å². The van der Waals surface area contributed by atoms with E-state index in [1.54, 1.807) is 0 Å². The van der Waals surface area contributed by atoms with Crippen molar-refractivity contribution >= 4 is 0 Å². The van der Waals surface area contributed by atoms with Crippen LogP contribution in [0.15, 0.2) is 4.42 Å². The average molecular weight is 281 g/mol. The predicted octanol–water partition coefficient (Wildman–Crippen LogP) is 2.67. The fourth-order valence-corrected chi connectivity index (χ4v) is 2.55. The number of hydrogen-bond acceptors (Lipinski definition) is 5. The van der Waals surface area contributed by atoms with Crippen LogP contribution in [0.25, 0.3) is 0 Å². The minimum Gasteiger partial charge on any atom is -0.425 e. The maximum absolute atomic E-state index is 5.80. The van der Waals surface area contributed by atoms with Gasteiger partial charge in [-0.15, -0.1) is 10.2 Å². The molecule has 0 bridgehead atoms. The predicted molar refractivity (Wildman–Crippen MR) is 77.8 cm³/mol. The molecule has 0 saturated carbocycles. The second kappa shape index (κ2) is 6.68. The monoisotopic (exact) mass is 281 g/mol. The Morgan fingerprint density at radius 3 is 2.80 bits per heavy atom. The lowest BCUT2D eigenvalue weighted by atomic mass is 10.00. The van der Waals surface area contributed by atoms with Crippen molar-refractivity contribution in [3.63, 3.8) is 0 Å². The molecule has 0 radical (unpaired) electrons. The van der Waals surface area contributed by atoms with E-state index in [-0.39, 0.29) is 17.6 Å². The molecular formula is C15H27N3O2. The second-order valence-corrected chi connectivity index (χ2v) is 6.53. The summed E-state index contributed by atoms with van der Waals surface area (Å²) in [6.07, 6.45) is 4.08. The molecule has 2 unspecified atom stereocenters. The fourth-order valence-electron chi connectivity index (χ4n) is 2.55. The molecule has 1 aromatic heterocycles. The maximum atomic E-state index is 5.80. The average Bonchev–Trinajstić information content (AvgIpc) is 3.01. The fraction of sp³-hybridized carbons (Fsp3) is 0.867. The Hall–Kier alpha value is -0.940. The van der Waals surface area contributed by atoms with Gasteiger partial charge in [-0.1, -0.05) is 6.92 Å². The van der Waals surface area contributed by atoms with Crippen LogP contribution in [0.5, 0.6) is 0 Å². The van der Waals surface area contributed by atoms with Crippen molar-refractivity contribution in [3.05, 3.63) is 11.8 Å². The molecule has 5 heteroatoms. The zero-order valence-electron chi connectivity index (χ0n) is 13.1. The third-order valence-corrected chi connectivity index (χ3v) is 3.63. The minimum absolute atomic E-state index is 0.162. The van der Waals surface area contributed by atoms with Gasteiger partial charge in [-0.05, 0) is 46.6 Å². The van der Waals surface area contributed by atoms with Gasteiger partial charge in [0, 0.05) is 18.6 Å². The molecular weight excluding hydrogens is 254 g/mol. The highest BCUT2D eigenvalue weighted by Gasteiger charge is 2.32. The number of ether oxygens (including phenoxy) is 1. The highest BCUT2D eigenvalue weighted by atomic mass is 16.5. The Morgan fingerprint density at radius 2 is 2.10 bits per heavy atom. The molecule has 1 N–H and O–H groups in total. The van der Waals surface area contributed by atoms with Gasteiger partial charge in [0.25, 0.3) is 0 Å². The van der Waals surface area contributed by atoms with Crippen LogP contribution in [0.1, 0.15) is 64.7 Å². The van der Waals surface area contributed by atoms with Crippen LogP contribution in [-0.4, -0.2) is 35.0 Å². The molecule has 2 atom stereocenters. The summed E-state index contributed by atoms with van der Waals surface area (Å²) in [5.41, 5.74) is 0.162. The van der Waals surface area contributed by atoms with Gasteiger partial charge in [0.05, 0.1) is 12.0 Å². The third-order valence-electron chi connectivity index (χ3n) is 3.63. The molecule has 20 heavy (non-hydrogen) atoms. The van der Waals surface area contributed by atoms with Crippen molar-refractivity contribution in [2.24, 2.45) is 0 Å². The molecule has 0 amide bonds. The van der Waals surface area contributed by atoms with Crippen LogP contribution in [0.2, 0.25) is 0 Å². The van der Waals surface area contributed by atoms with Gasteiger partial charge >= 0.3 is 0 Å². The van der Waals surface area contributed by atoms with Crippen LogP contribution in [-0.2, 0) is 11.2 Å². The van der Waals surface area contributed by atoms with Gasteiger partial charge < -0.3 is 14.5 Å². The van der Waals surface area contributed by atoms with Crippen molar-refractivity contribution in [1.82, 2.24) is 15.5 Å². The summed E-state index contributed by atoms with van der Waals surface area (Å²) in [5, 5.41) is 11.8. The van der Waals surface area contributed by atoms with Crippen LogP contribution in [0, 0.1) is 0 Å². The topological polar surface area (TPSA) is 60.2 Å². The number of aromatic nitrogens is 2. The molecule has 0 spiro atoms. The largest absolute Gasteiger partial charge is 0.425 e. The van der Waals surface area contributed by atoms with Gasteiger partial charge in [0.2, 0.25) is 11.8 Å². The van der Waals surface area contributed by atoms with Crippen molar-refractivity contribution < 1.29 is 9.15 Å². The summed E-state index contributed by atoms with van der Waals surface area (Å²) in [6.45, 7) is 10.4. The first-order valence-corrected chi connectivity index (χ1v) is 7.68. The number of nitrogens with zero attached hydrogens (tertiary/aromatic N) is 2. The molecule has 2 heterocycles. The van der Waals surface area contributed by atoms with Crippen LogP contribution in [0.4, 0.5) is 0 Å². The van der Waals surface area contributed by atoms with Crippen molar-refractivity contribution in [1.29, 1.82) is 0 Å². The zero-order chi connectivity index (χ0) is 14.6. The Labute approximate surface area is 121 Å². The van der Waals surface area contributed by atoms with E-state index in [9.17, 15) is 0 Å². The lowest BCUT2D eigenvalue weighted by Crippen LogP contribution is -2.36. The van der Waals surface area contributed by atoms with E-state index in [2.05, 4.69) is 43.2 Å². The van der Waals surface area contributed by atoms with E-state index < -0.39 is 0 Å². The zero-order valence-corrected chi connectivity index (χ0v) is 13.1. The Kier molecular flexibility index (Phi) is 5.16. The molecule has 0 aliphatic carbocycles. The molecule has 1 saturated heterocycles. The SMILES string of the molecule is CCC1OCCC1c1nnc(CCCNC(C)(C)C)o1. The first-order valence-electron chi connectivity index (χ1n) is 7.68. The highest BCUT2D eigenvalue weighted by molar-refractivity contribution is 4.98. The van der Waals surface area contributed by atoms with Gasteiger partial charge in [0.15, 0.2) is 0 Å². The molecule has 0 aromatic carbocycles. The standard InChI is InChI=1S/C15H27N3O2/c1-5-12-11(8-10-19-12)14-18-17-13(20-14)7-6-9-16-15(2,3)4/h11-12,16H,5-10H2,1-4H3. The van der Waals surface area contributed by atoms with Gasteiger partial charge in [0.1, 0.15) is 0 Å². The Bertz CT molecular complexity index is 411. The van der Waals surface area contributed by atoms with Crippen LogP contribution >= 0.6 is 0 Å². The van der Waals surface area contributed by atoms with Crippen LogP contribution < -0.4 is 5.32 Å². The summed E-state index contributed by atoms with van der Waals surface area (Å²) in [4.78, 5) is 0. The molecule has 114 valence electrons. The third kappa shape index (κ3) is 4.28. The van der Waals surface area contributed by atoms with Crippen LogP contribution in [0.3, 0.4) is 0 Å². The quantitative estimate of drug-likeness (QED) is 0.812. The second-order valence-electron chi connectivity index (χ2n) is 6.53. The van der Waals surface area contributed by atoms with Gasteiger partial charge in [-0.2, -0.15) is 0 Å².